The molecule has 1 aromatic rings. The predicted octanol–water partition coefficient (Wildman–Crippen LogP) is 2.38. The number of ether oxygens (including phenoxy) is 1. The highest BCUT2D eigenvalue weighted by molar-refractivity contribution is 5.92. The summed E-state index contributed by atoms with van der Waals surface area (Å²) in [4.78, 5) is 11.7. The van der Waals surface area contributed by atoms with Gasteiger partial charge in [-0.25, -0.2) is 0 Å². The zero-order valence-corrected chi connectivity index (χ0v) is 11.5. The first kappa shape index (κ1) is 14.5. The Morgan fingerprint density at radius 3 is 2.39 bits per heavy atom. The van der Waals surface area contributed by atoms with Crippen molar-refractivity contribution >= 4 is 11.6 Å². The van der Waals surface area contributed by atoms with Gasteiger partial charge in [-0.15, -0.1) is 0 Å². The summed E-state index contributed by atoms with van der Waals surface area (Å²) >= 11 is 0. The van der Waals surface area contributed by atoms with Crippen LogP contribution in [0.1, 0.15) is 31.4 Å². The second-order valence-electron chi connectivity index (χ2n) is 4.59. The van der Waals surface area contributed by atoms with Crippen LogP contribution < -0.4 is 15.8 Å². The molecule has 0 heterocycles. The Labute approximate surface area is 109 Å². The van der Waals surface area contributed by atoms with E-state index in [-0.39, 0.29) is 11.9 Å². The summed E-state index contributed by atoms with van der Waals surface area (Å²) in [6.07, 6.45) is 0.325. The molecule has 0 aliphatic heterocycles. The molecule has 3 N–H and O–H groups in total. The highest BCUT2D eigenvalue weighted by atomic mass is 16.5. The lowest BCUT2D eigenvalue weighted by atomic mass is 10.1. The standard InChI is InChI=1S/C14H22N2O2/c1-5-18-12-6-9(2)14(10(3)7-12)16-13(17)8-11(4)15/h6-7,11H,5,8,15H2,1-4H3,(H,16,17). The summed E-state index contributed by atoms with van der Waals surface area (Å²) in [5.74, 6) is 0.776. The molecule has 1 rings (SSSR count). The van der Waals surface area contributed by atoms with E-state index in [1.165, 1.54) is 0 Å². The first-order valence-corrected chi connectivity index (χ1v) is 6.23. The summed E-state index contributed by atoms with van der Waals surface area (Å²) in [7, 11) is 0. The highest BCUT2D eigenvalue weighted by Crippen LogP contribution is 2.26. The van der Waals surface area contributed by atoms with Crippen LogP contribution in [0.15, 0.2) is 12.1 Å². The maximum absolute atomic E-state index is 11.7. The fourth-order valence-corrected chi connectivity index (χ4v) is 1.85. The number of hydrogen-bond donors (Lipinski definition) is 2. The molecule has 1 aromatic carbocycles. The Morgan fingerprint density at radius 2 is 1.94 bits per heavy atom. The summed E-state index contributed by atoms with van der Waals surface area (Å²) in [6.45, 7) is 8.31. The number of anilines is 1. The predicted molar refractivity (Wildman–Crippen MR) is 74.0 cm³/mol. The molecule has 0 bridgehead atoms. The molecule has 0 aliphatic rings. The number of carbonyl (C=O) groups excluding carboxylic acids is 1. The normalized spacial score (nSPS) is 12.1. The molecule has 0 radical (unpaired) electrons. The zero-order chi connectivity index (χ0) is 13.7. The smallest absolute Gasteiger partial charge is 0.225 e. The van der Waals surface area contributed by atoms with Gasteiger partial charge in [0, 0.05) is 18.2 Å². The van der Waals surface area contributed by atoms with Gasteiger partial charge in [0.2, 0.25) is 5.91 Å². The minimum atomic E-state index is -0.131. The van der Waals surface area contributed by atoms with Gasteiger partial charge in [-0.2, -0.15) is 0 Å². The van der Waals surface area contributed by atoms with Gasteiger partial charge in [0.1, 0.15) is 5.75 Å². The molecule has 0 spiro atoms. The number of hydrogen-bond acceptors (Lipinski definition) is 3. The van der Waals surface area contributed by atoms with Crippen molar-refractivity contribution in [1.29, 1.82) is 0 Å². The molecular formula is C14H22N2O2. The van der Waals surface area contributed by atoms with E-state index in [9.17, 15) is 4.79 Å². The van der Waals surface area contributed by atoms with Crippen molar-refractivity contribution < 1.29 is 9.53 Å². The van der Waals surface area contributed by atoms with Crippen molar-refractivity contribution in [3.05, 3.63) is 23.3 Å². The van der Waals surface area contributed by atoms with Crippen LogP contribution in [0.3, 0.4) is 0 Å². The van der Waals surface area contributed by atoms with Crippen LogP contribution in [0.5, 0.6) is 5.75 Å². The lowest BCUT2D eigenvalue weighted by molar-refractivity contribution is -0.116. The number of nitrogens with two attached hydrogens (primary N) is 1. The van der Waals surface area contributed by atoms with Gasteiger partial charge < -0.3 is 15.8 Å². The van der Waals surface area contributed by atoms with Gasteiger partial charge in [-0.1, -0.05) is 0 Å². The van der Waals surface area contributed by atoms with Crippen LogP contribution in [0.4, 0.5) is 5.69 Å². The second-order valence-corrected chi connectivity index (χ2v) is 4.59. The lowest BCUT2D eigenvalue weighted by Gasteiger charge is -2.14. The maximum atomic E-state index is 11.7. The second kappa shape index (κ2) is 6.40. The number of nitrogens with one attached hydrogen (secondary N) is 1. The van der Waals surface area contributed by atoms with Crippen molar-refractivity contribution in [1.82, 2.24) is 0 Å². The van der Waals surface area contributed by atoms with E-state index < -0.39 is 0 Å². The summed E-state index contributed by atoms with van der Waals surface area (Å²) in [5.41, 5.74) is 8.45. The Bertz CT molecular complexity index is 405. The molecule has 0 saturated heterocycles. The molecule has 0 aromatic heterocycles. The van der Waals surface area contributed by atoms with E-state index in [4.69, 9.17) is 10.5 Å². The summed E-state index contributed by atoms with van der Waals surface area (Å²) < 4.78 is 5.46. The molecule has 4 nitrogen and oxygen atoms in total. The van der Waals surface area contributed by atoms with Crippen molar-refractivity contribution in [3.8, 4) is 5.75 Å². The third-order valence-corrected chi connectivity index (χ3v) is 2.59. The largest absolute Gasteiger partial charge is 0.494 e. The number of carbonyl (C=O) groups is 1. The summed E-state index contributed by atoms with van der Waals surface area (Å²) in [5, 5.41) is 2.90. The lowest BCUT2D eigenvalue weighted by Crippen LogP contribution is -2.24. The molecule has 1 amide bonds. The van der Waals surface area contributed by atoms with E-state index in [2.05, 4.69) is 5.32 Å². The molecule has 18 heavy (non-hydrogen) atoms. The van der Waals surface area contributed by atoms with Gasteiger partial charge in [0.05, 0.1) is 6.61 Å². The number of benzene rings is 1. The first-order valence-electron chi connectivity index (χ1n) is 6.23. The van der Waals surface area contributed by atoms with Crippen LogP contribution in [0.2, 0.25) is 0 Å². The van der Waals surface area contributed by atoms with E-state index in [1.54, 1.807) is 0 Å². The molecule has 1 unspecified atom stereocenters. The van der Waals surface area contributed by atoms with Gasteiger partial charge in [-0.05, 0) is 51.0 Å². The van der Waals surface area contributed by atoms with Gasteiger partial charge in [0.25, 0.3) is 0 Å². The third-order valence-electron chi connectivity index (χ3n) is 2.59. The molecular weight excluding hydrogens is 228 g/mol. The molecule has 0 aliphatic carbocycles. The van der Waals surface area contributed by atoms with E-state index in [0.717, 1.165) is 22.6 Å². The van der Waals surface area contributed by atoms with Crippen molar-refractivity contribution in [2.45, 2.75) is 40.2 Å². The van der Waals surface area contributed by atoms with Crippen LogP contribution in [0.25, 0.3) is 0 Å². The van der Waals surface area contributed by atoms with E-state index in [0.29, 0.717) is 13.0 Å². The average Bonchev–Trinajstić information content (AvgIpc) is 2.23. The molecule has 1 atom stereocenters. The minimum Gasteiger partial charge on any atom is -0.494 e. The molecule has 0 fully saturated rings. The Balaban J connectivity index is 2.86. The topological polar surface area (TPSA) is 64.3 Å². The van der Waals surface area contributed by atoms with E-state index >= 15 is 0 Å². The SMILES string of the molecule is CCOc1cc(C)c(NC(=O)CC(C)N)c(C)c1. The number of aryl methyl sites for hydroxylation is 2. The third kappa shape index (κ3) is 4.04. The van der Waals surface area contributed by atoms with Crippen LogP contribution >= 0.6 is 0 Å². The molecule has 0 saturated carbocycles. The Kier molecular flexibility index (Phi) is 5.16. The monoisotopic (exact) mass is 250 g/mol. The van der Waals surface area contributed by atoms with E-state index in [1.807, 2.05) is 39.8 Å². The van der Waals surface area contributed by atoms with Gasteiger partial charge in [-0.3, -0.25) is 4.79 Å². The zero-order valence-electron chi connectivity index (χ0n) is 11.5. The van der Waals surface area contributed by atoms with Gasteiger partial charge >= 0.3 is 0 Å². The maximum Gasteiger partial charge on any atom is 0.225 e. The minimum absolute atomic E-state index is 0.0552. The quantitative estimate of drug-likeness (QED) is 0.843. The Hall–Kier alpha value is -1.55. The first-order chi connectivity index (χ1) is 8.43. The van der Waals surface area contributed by atoms with Crippen molar-refractivity contribution in [2.24, 2.45) is 5.73 Å². The van der Waals surface area contributed by atoms with Crippen LogP contribution in [0, 0.1) is 13.8 Å². The number of amides is 1. The fourth-order valence-electron chi connectivity index (χ4n) is 1.85. The summed E-state index contributed by atoms with van der Waals surface area (Å²) in [6, 6.07) is 3.73. The van der Waals surface area contributed by atoms with Crippen molar-refractivity contribution in [2.75, 3.05) is 11.9 Å². The number of rotatable bonds is 5. The van der Waals surface area contributed by atoms with Crippen LogP contribution in [-0.4, -0.2) is 18.6 Å². The van der Waals surface area contributed by atoms with Crippen molar-refractivity contribution in [3.63, 3.8) is 0 Å². The Morgan fingerprint density at radius 1 is 1.39 bits per heavy atom. The fraction of sp³-hybridized carbons (Fsp3) is 0.500. The van der Waals surface area contributed by atoms with Crippen LogP contribution in [-0.2, 0) is 4.79 Å². The molecule has 100 valence electrons. The van der Waals surface area contributed by atoms with Gasteiger partial charge in [0.15, 0.2) is 0 Å². The average molecular weight is 250 g/mol. The molecule has 4 heteroatoms. The highest BCUT2D eigenvalue weighted by Gasteiger charge is 2.10.